The molecule has 0 saturated heterocycles. The SMILES string of the molecule is CCCCNC(=O)c1nnc(-c2ccccc2Cl)o1. The van der Waals surface area contributed by atoms with Crippen LogP contribution in [0.15, 0.2) is 28.7 Å². The lowest BCUT2D eigenvalue weighted by molar-refractivity contribution is 0.0919. The highest BCUT2D eigenvalue weighted by Gasteiger charge is 2.16. The van der Waals surface area contributed by atoms with E-state index in [0.29, 0.717) is 17.1 Å². The van der Waals surface area contributed by atoms with Gasteiger partial charge in [-0.25, -0.2) is 0 Å². The van der Waals surface area contributed by atoms with E-state index < -0.39 is 0 Å². The van der Waals surface area contributed by atoms with Crippen molar-refractivity contribution in [2.24, 2.45) is 0 Å². The third-order valence-electron chi connectivity index (χ3n) is 2.54. The molecule has 0 bridgehead atoms. The number of hydrogen-bond acceptors (Lipinski definition) is 4. The minimum absolute atomic E-state index is 0.0500. The van der Waals surface area contributed by atoms with E-state index in [9.17, 15) is 4.79 Å². The molecule has 6 heteroatoms. The Kier molecular flexibility index (Phi) is 4.52. The molecule has 2 aromatic rings. The van der Waals surface area contributed by atoms with Crippen molar-refractivity contribution in [2.45, 2.75) is 19.8 Å². The second kappa shape index (κ2) is 6.33. The molecule has 1 N–H and O–H groups in total. The molecule has 0 radical (unpaired) electrons. The quantitative estimate of drug-likeness (QED) is 0.855. The number of carbonyl (C=O) groups is 1. The molecule has 0 spiro atoms. The number of carbonyl (C=O) groups excluding carboxylic acids is 1. The van der Waals surface area contributed by atoms with Gasteiger partial charge in [0, 0.05) is 6.54 Å². The van der Waals surface area contributed by atoms with Gasteiger partial charge in [0.05, 0.1) is 10.6 Å². The van der Waals surface area contributed by atoms with Crippen LogP contribution >= 0.6 is 11.6 Å². The average molecular weight is 280 g/mol. The molecule has 1 amide bonds. The number of nitrogens with one attached hydrogen (secondary N) is 1. The summed E-state index contributed by atoms with van der Waals surface area (Å²) in [6.45, 7) is 2.65. The molecule has 0 atom stereocenters. The lowest BCUT2D eigenvalue weighted by Gasteiger charge is -1.99. The molecular weight excluding hydrogens is 266 g/mol. The number of aromatic nitrogens is 2. The highest BCUT2D eigenvalue weighted by atomic mass is 35.5. The highest BCUT2D eigenvalue weighted by molar-refractivity contribution is 6.33. The van der Waals surface area contributed by atoms with Crippen LogP contribution in [0.3, 0.4) is 0 Å². The Morgan fingerprint density at radius 2 is 2.16 bits per heavy atom. The molecule has 0 fully saturated rings. The molecule has 5 nitrogen and oxygen atoms in total. The van der Waals surface area contributed by atoms with E-state index in [1.807, 2.05) is 13.0 Å². The Balaban J connectivity index is 2.11. The third-order valence-corrected chi connectivity index (χ3v) is 2.87. The number of unbranched alkanes of at least 4 members (excludes halogenated alkanes) is 1. The van der Waals surface area contributed by atoms with Crippen molar-refractivity contribution in [3.05, 3.63) is 35.2 Å². The monoisotopic (exact) mass is 279 g/mol. The van der Waals surface area contributed by atoms with E-state index in [0.717, 1.165) is 12.8 Å². The van der Waals surface area contributed by atoms with Gasteiger partial charge in [-0.1, -0.05) is 37.1 Å². The van der Waals surface area contributed by atoms with Crippen LogP contribution in [0.1, 0.15) is 30.5 Å². The maximum Gasteiger partial charge on any atom is 0.308 e. The second-order valence-electron chi connectivity index (χ2n) is 4.00. The third kappa shape index (κ3) is 3.32. The molecule has 1 heterocycles. The van der Waals surface area contributed by atoms with E-state index >= 15 is 0 Å². The van der Waals surface area contributed by atoms with E-state index in [1.54, 1.807) is 18.2 Å². The fourth-order valence-corrected chi connectivity index (χ4v) is 1.73. The summed E-state index contributed by atoms with van der Waals surface area (Å²) in [4.78, 5) is 11.7. The normalized spacial score (nSPS) is 10.4. The Hall–Kier alpha value is -1.88. The molecule has 1 aromatic carbocycles. The van der Waals surface area contributed by atoms with Crippen molar-refractivity contribution in [1.82, 2.24) is 15.5 Å². The van der Waals surface area contributed by atoms with Crippen molar-refractivity contribution < 1.29 is 9.21 Å². The van der Waals surface area contributed by atoms with Crippen molar-refractivity contribution in [3.63, 3.8) is 0 Å². The number of amides is 1. The lowest BCUT2D eigenvalue weighted by atomic mass is 10.2. The van der Waals surface area contributed by atoms with Crippen molar-refractivity contribution in [1.29, 1.82) is 0 Å². The van der Waals surface area contributed by atoms with Gasteiger partial charge in [-0.15, -0.1) is 10.2 Å². The summed E-state index contributed by atoms with van der Waals surface area (Å²) in [6.07, 6.45) is 1.92. The van der Waals surface area contributed by atoms with Crippen molar-refractivity contribution >= 4 is 17.5 Å². The first-order valence-electron chi connectivity index (χ1n) is 6.09. The van der Waals surface area contributed by atoms with Crippen LogP contribution in [0.25, 0.3) is 11.5 Å². The van der Waals surface area contributed by atoms with Gasteiger partial charge in [0.1, 0.15) is 0 Å². The Morgan fingerprint density at radius 1 is 1.37 bits per heavy atom. The van der Waals surface area contributed by atoms with Crippen molar-refractivity contribution in [2.75, 3.05) is 6.54 Å². The lowest BCUT2D eigenvalue weighted by Crippen LogP contribution is -2.24. The van der Waals surface area contributed by atoms with Gasteiger partial charge in [0.2, 0.25) is 5.89 Å². The van der Waals surface area contributed by atoms with Crippen LogP contribution in [-0.2, 0) is 0 Å². The van der Waals surface area contributed by atoms with E-state index in [-0.39, 0.29) is 17.7 Å². The maximum atomic E-state index is 11.7. The Morgan fingerprint density at radius 3 is 2.89 bits per heavy atom. The topological polar surface area (TPSA) is 68.0 Å². The predicted molar refractivity (Wildman–Crippen MR) is 72.0 cm³/mol. The van der Waals surface area contributed by atoms with Crippen molar-refractivity contribution in [3.8, 4) is 11.5 Å². The fraction of sp³-hybridized carbons (Fsp3) is 0.308. The number of rotatable bonds is 5. The van der Waals surface area contributed by atoms with Crippen LogP contribution in [0.5, 0.6) is 0 Å². The molecular formula is C13H14ClN3O2. The number of halogens is 1. The first kappa shape index (κ1) is 13.5. The first-order valence-corrected chi connectivity index (χ1v) is 6.46. The van der Waals surface area contributed by atoms with Gasteiger partial charge < -0.3 is 9.73 Å². The molecule has 0 aliphatic heterocycles. The summed E-state index contributed by atoms with van der Waals surface area (Å²) in [7, 11) is 0. The predicted octanol–water partition coefficient (Wildman–Crippen LogP) is 2.92. The van der Waals surface area contributed by atoms with E-state index in [1.165, 1.54) is 0 Å². The molecule has 100 valence electrons. The van der Waals surface area contributed by atoms with Crippen LogP contribution in [0.4, 0.5) is 0 Å². The standard InChI is InChI=1S/C13H14ClN3O2/c1-2-3-8-15-11(18)13-17-16-12(19-13)9-6-4-5-7-10(9)14/h4-7H,2-3,8H2,1H3,(H,15,18). The average Bonchev–Trinajstić information content (AvgIpc) is 2.89. The van der Waals surface area contributed by atoms with Gasteiger partial charge in [0.25, 0.3) is 0 Å². The molecule has 0 unspecified atom stereocenters. The van der Waals surface area contributed by atoms with E-state index in [2.05, 4.69) is 15.5 Å². The summed E-state index contributed by atoms with van der Waals surface area (Å²) in [5.74, 6) is -0.170. The molecule has 0 saturated carbocycles. The van der Waals surface area contributed by atoms with Gasteiger partial charge in [-0.05, 0) is 18.6 Å². The Labute approximate surface area is 116 Å². The number of benzene rings is 1. The smallest absolute Gasteiger partial charge is 0.308 e. The zero-order chi connectivity index (χ0) is 13.7. The molecule has 2 rings (SSSR count). The Bertz CT molecular complexity index is 569. The molecule has 1 aromatic heterocycles. The minimum Gasteiger partial charge on any atom is -0.412 e. The van der Waals surface area contributed by atoms with Crippen LogP contribution in [-0.4, -0.2) is 22.6 Å². The molecule has 0 aliphatic carbocycles. The summed E-state index contributed by atoms with van der Waals surface area (Å²) < 4.78 is 5.32. The zero-order valence-corrected chi connectivity index (χ0v) is 11.3. The fourth-order valence-electron chi connectivity index (χ4n) is 1.51. The summed E-state index contributed by atoms with van der Waals surface area (Å²) >= 11 is 6.02. The molecule has 0 aliphatic rings. The van der Waals surface area contributed by atoms with Gasteiger partial charge >= 0.3 is 11.8 Å². The number of nitrogens with zero attached hydrogens (tertiary/aromatic N) is 2. The summed E-state index contributed by atoms with van der Waals surface area (Å²) in [5, 5.41) is 10.8. The van der Waals surface area contributed by atoms with Gasteiger partial charge in [0.15, 0.2) is 0 Å². The summed E-state index contributed by atoms with van der Waals surface area (Å²) in [6, 6.07) is 7.10. The highest BCUT2D eigenvalue weighted by Crippen LogP contribution is 2.26. The number of hydrogen-bond donors (Lipinski definition) is 1. The second-order valence-corrected chi connectivity index (χ2v) is 4.41. The van der Waals surface area contributed by atoms with Gasteiger partial charge in [-0.2, -0.15) is 0 Å². The van der Waals surface area contributed by atoms with Crippen LogP contribution < -0.4 is 5.32 Å². The van der Waals surface area contributed by atoms with E-state index in [4.69, 9.17) is 16.0 Å². The zero-order valence-electron chi connectivity index (χ0n) is 10.5. The largest absolute Gasteiger partial charge is 0.412 e. The van der Waals surface area contributed by atoms with Crippen LogP contribution in [0.2, 0.25) is 5.02 Å². The first-order chi connectivity index (χ1) is 9.22. The maximum absolute atomic E-state index is 11.7. The van der Waals surface area contributed by atoms with Crippen LogP contribution in [0, 0.1) is 0 Å². The summed E-state index contributed by atoms with van der Waals surface area (Å²) in [5.41, 5.74) is 0.615. The minimum atomic E-state index is -0.362. The van der Waals surface area contributed by atoms with Gasteiger partial charge in [-0.3, -0.25) is 4.79 Å². The molecule has 19 heavy (non-hydrogen) atoms.